The van der Waals surface area contributed by atoms with Gasteiger partial charge in [0.2, 0.25) is 5.88 Å². The van der Waals surface area contributed by atoms with Gasteiger partial charge in [0, 0.05) is 5.69 Å². The maximum atomic E-state index is 9.99. The molecule has 3 rings (SSSR count). The Balaban J connectivity index is 1.75. The summed E-state index contributed by atoms with van der Waals surface area (Å²) in [5.74, 6) is 1.39. The van der Waals surface area contributed by atoms with Crippen LogP contribution in [0.2, 0.25) is 0 Å². The van der Waals surface area contributed by atoms with Gasteiger partial charge in [-0.25, -0.2) is 0 Å². The molecule has 1 atom stereocenters. The van der Waals surface area contributed by atoms with Crippen LogP contribution in [0.15, 0.2) is 59.6 Å². The van der Waals surface area contributed by atoms with E-state index in [9.17, 15) is 5.11 Å². The van der Waals surface area contributed by atoms with Crippen LogP contribution in [0.4, 0.5) is 10.7 Å². The lowest BCUT2D eigenvalue weighted by molar-refractivity contribution is 0.274. The lowest BCUT2D eigenvalue weighted by atomic mass is 10.2. The van der Waals surface area contributed by atoms with E-state index < -0.39 is 0 Å². The summed E-state index contributed by atoms with van der Waals surface area (Å²) >= 11 is 1.08. The topological polar surface area (TPSA) is 113 Å². The molecule has 8 heteroatoms. The number of amidine groups is 1. The Morgan fingerprint density at radius 2 is 1.85 bits per heavy atom. The molecule has 0 bridgehead atoms. The van der Waals surface area contributed by atoms with E-state index in [1.165, 1.54) is 0 Å². The molecule has 0 amide bonds. The van der Waals surface area contributed by atoms with Gasteiger partial charge in [-0.3, -0.25) is 4.99 Å². The van der Waals surface area contributed by atoms with Crippen LogP contribution in [-0.4, -0.2) is 33.1 Å². The molecular weight excluding hydrogens is 364 g/mol. The molecule has 7 nitrogen and oxygen atoms in total. The summed E-state index contributed by atoms with van der Waals surface area (Å²) in [6.07, 6.45) is 0. The highest BCUT2D eigenvalue weighted by atomic mass is 32.1. The standard InChI is InChI=1S/C19H20N4O3S/c1-12(11-24)21-17(20)16-18(25)23-27-19(16)22-13-7-9-15(10-8-13)26-14-5-3-2-4-6-14/h2-10,12,22,24H,11H2,1H3,(H2,20,21)(H,23,25)/t12-/m1/s1. The van der Waals surface area contributed by atoms with Crippen LogP contribution < -0.4 is 15.8 Å². The average molecular weight is 384 g/mol. The lowest BCUT2D eigenvalue weighted by Crippen LogP contribution is -2.19. The largest absolute Gasteiger partial charge is 0.492 e. The van der Waals surface area contributed by atoms with Crippen molar-refractivity contribution in [2.75, 3.05) is 11.9 Å². The summed E-state index contributed by atoms with van der Waals surface area (Å²) in [6, 6.07) is 16.5. The molecule has 0 unspecified atom stereocenters. The fourth-order valence-electron chi connectivity index (χ4n) is 2.30. The summed E-state index contributed by atoms with van der Waals surface area (Å²) in [7, 11) is 0. The fourth-order valence-corrected chi connectivity index (χ4v) is 3.02. The van der Waals surface area contributed by atoms with Crippen molar-refractivity contribution in [3.8, 4) is 17.4 Å². The number of aromatic nitrogens is 1. The molecule has 27 heavy (non-hydrogen) atoms. The Morgan fingerprint density at radius 1 is 1.19 bits per heavy atom. The van der Waals surface area contributed by atoms with Crippen molar-refractivity contribution in [1.29, 1.82) is 0 Å². The van der Waals surface area contributed by atoms with Crippen LogP contribution in [-0.2, 0) is 0 Å². The highest BCUT2D eigenvalue weighted by molar-refractivity contribution is 7.11. The molecule has 5 N–H and O–H groups in total. The maximum absolute atomic E-state index is 9.99. The molecule has 0 fully saturated rings. The van der Waals surface area contributed by atoms with Crippen molar-refractivity contribution in [3.63, 3.8) is 0 Å². The van der Waals surface area contributed by atoms with Crippen LogP contribution in [0.5, 0.6) is 17.4 Å². The molecule has 0 aliphatic rings. The van der Waals surface area contributed by atoms with Gasteiger partial charge in [0.1, 0.15) is 27.9 Å². The van der Waals surface area contributed by atoms with Gasteiger partial charge in [-0.1, -0.05) is 18.2 Å². The van der Waals surface area contributed by atoms with E-state index in [1.807, 2.05) is 54.6 Å². The predicted octanol–water partition coefficient (Wildman–Crippen LogP) is 3.47. The van der Waals surface area contributed by atoms with Gasteiger partial charge in [-0.05, 0) is 54.9 Å². The van der Waals surface area contributed by atoms with E-state index in [2.05, 4.69) is 14.7 Å². The number of nitrogens with two attached hydrogens (primary N) is 1. The van der Waals surface area contributed by atoms with Gasteiger partial charge in [0.05, 0.1) is 12.6 Å². The van der Waals surface area contributed by atoms with Crippen molar-refractivity contribution >= 4 is 28.1 Å². The number of hydrogen-bond acceptors (Lipinski definition) is 7. The van der Waals surface area contributed by atoms with Crippen LogP contribution in [0, 0.1) is 0 Å². The highest BCUT2D eigenvalue weighted by Crippen LogP contribution is 2.33. The normalized spacial score (nSPS) is 12.6. The number of nitrogens with one attached hydrogen (secondary N) is 1. The third-order valence-corrected chi connectivity index (χ3v) is 4.40. The Labute approximate surface area is 160 Å². The van der Waals surface area contributed by atoms with Gasteiger partial charge < -0.3 is 26.0 Å². The number of para-hydroxylation sites is 1. The number of aliphatic hydroxyl groups is 1. The summed E-state index contributed by atoms with van der Waals surface area (Å²) < 4.78 is 9.69. The molecule has 0 radical (unpaired) electrons. The number of nitrogens with zero attached hydrogens (tertiary/aromatic N) is 2. The lowest BCUT2D eigenvalue weighted by Gasteiger charge is -2.09. The average Bonchev–Trinajstić information content (AvgIpc) is 3.04. The second kappa shape index (κ2) is 8.52. The minimum Gasteiger partial charge on any atom is -0.492 e. The minimum absolute atomic E-state index is 0.120. The molecule has 0 aliphatic heterocycles. The molecule has 0 aliphatic carbocycles. The molecule has 0 saturated carbocycles. The Morgan fingerprint density at radius 3 is 2.52 bits per heavy atom. The van der Waals surface area contributed by atoms with Crippen molar-refractivity contribution < 1.29 is 14.9 Å². The van der Waals surface area contributed by atoms with Crippen molar-refractivity contribution in [2.45, 2.75) is 13.0 Å². The SMILES string of the molecule is C[C@H](CO)N=C(N)c1c(O)nsc1Nc1ccc(Oc2ccccc2)cc1. The Kier molecular flexibility index (Phi) is 5.90. The van der Waals surface area contributed by atoms with E-state index in [0.717, 1.165) is 23.0 Å². The number of aliphatic imine (C=N–C) groups is 1. The minimum atomic E-state index is -0.369. The van der Waals surface area contributed by atoms with Gasteiger partial charge in [0.15, 0.2) is 0 Å². The Hall–Kier alpha value is -3.10. The monoisotopic (exact) mass is 384 g/mol. The van der Waals surface area contributed by atoms with Gasteiger partial charge >= 0.3 is 0 Å². The summed E-state index contributed by atoms with van der Waals surface area (Å²) in [6.45, 7) is 1.59. The zero-order valence-electron chi connectivity index (χ0n) is 14.7. The fraction of sp³-hybridized carbons (Fsp3) is 0.158. The molecule has 1 aromatic heterocycles. The number of benzene rings is 2. The summed E-state index contributed by atoms with van der Waals surface area (Å²) in [4.78, 5) is 4.15. The van der Waals surface area contributed by atoms with Crippen molar-refractivity contribution in [3.05, 3.63) is 60.2 Å². The molecule has 2 aromatic carbocycles. The van der Waals surface area contributed by atoms with E-state index in [4.69, 9.17) is 15.6 Å². The third kappa shape index (κ3) is 4.75. The van der Waals surface area contributed by atoms with Gasteiger partial charge in [0.25, 0.3) is 0 Å². The van der Waals surface area contributed by atoms with Crippen LogP contribution in [0.3, 0.4) is 0 Å². The number of aliphatic hydroxyl groups excluding tert-OH is 1. The smallest absolute Gasteiger partial charge is 0.236 e. The molecule has 3 aromatic rings. The molecule has 1 heterocycles. The quantitative estimate of drug-likeness (QED) is 0.366. The maximum Gasteiger partial charge on any atom is 0.236 e. The number of anilines is 2. The van der Waals surface area contributed by atoms with E-state index in [1.54, 1.807) is 6.92 Å². The zero-order chi connectivity index (χ0) is 19.2. The van der Waals surface area contributed by atoms with Gasteiger partial charge in [-0.15, -0.1) is 0 Å². The van der Waals surface area contributed by atoms with E-state index in [0.29, 0.717) is 16.3 Å². The third-order valence-electron chi connectivity index (χ3n) is 3.64. The number of ether oxygens (including phenoxy) is 1. The highest BCUT2D eigenvalue weighted by Gasteiger charge is 2.18. The number of aromatic hydroxyl groups is 1. The first kappa shape index (κ1) is 18.7. The number of hydrogen-bond donors (Lipinski definition) is 4. The molecule has 140 valence electrons. The van der Waals surface area contributed by atoms with E-state index >= 15 is 0 Å². The Bertz CT molecular complexity index is 910. The van der Waals surface area contributed by atoms with Crippen molar-refractivity contribution in [2.24, 2.45) is 10.7 Å². The van der Waals surface area contributed by atoms with Crippen LogP contribution >= 0.6 is 11.5 Å². The second-order valence-electron chi connectivity index (χ2n) is 5.82. The molecule has 0 saturated heterocycles. The van der Waals surface area contributed by atoms with Crippen LogP contribution in [0.1, 0.15) is 12.5 Å². The zero-order valence-corrected chi connectivity index (χ0v) is 15.5. The molecular formula is C19H20N4O3S. The molecule has 0 spiro atoms. The first-order valence-electron chi connectivity index (χ1n) is 8.30. The summed E-state index contributed by atoms with van der Waals surface area (Å²) in [5.41, 5.74) is 7.07. The first-order valence-corrected chi connectivity index (χ1v) is 9.07. The number of rotatable bonds is 7. The van der Waals surface area contributed by atoms with Crippen LogP contribution in [0.25, 0.3) is 0 Å². The van der Waals surface area contributed by atoms with Gasteiger partial charge in [-0.2, -0.15) is 4.37 Å². The van der Waals surface area contributed by atoms with Crippen molar-refractivity contribution in [1.82, 2.24) is 4.37 Å². The first-order chi connectivity index (χ1) is 13.1. The predicted molar refractivity (Wildman–Crippen MR) is 107 cm³/mol. The summed E-state index contributed by atoms with van der Waals surface area (Å²) in [5, 5.41) is 22.8. The second-order valence-corrected chi connectivity index (χ2v) is 6.59. The van der Waals surface area contributed by atoms with E-state index in [-0.39, 0.29) is 24.4 Å².